The Labute approximate surface area is 62.8 Å². The second-order valence-corrected chi connectivity index (χ2v) is 1.55. The molecule has 0 aliphatic carbocycles. The number of rotatable bonds is 4. The molecule has 3 nitrogen and oxygen atoms in total. The van der Waals surface area contributed by atoms with Gasteiger partial charge in [0.2, 0.25) is 0 Å². The highest BCUT2D eigenvalue weighted by atomic mass is 16.5. The van der Waals surface area contributed by atoms with Gasteiger partial charge in [-0.1, -0.05) is 13.8 Å². The van der Waals surface area contributed by atoms with E-state index in [-0.39, 0.29) is 12.4 Å². The Morgan fingerprint density at radius 1 is 1.50 bits per heavy atom. The van der Waals surface area contributed by atoms with Crippen molar-refractivity contribution >= 4 is 5.78 Å². The predicted octanol–water partition coefficient (Wildman–Crippen LogP) is 0.795. The molecule has 0 saturated heterocycles. The predicted molar refractivity (Wildman–Crippen MR) is 41.9 cm³/mol. The maximum absolute atomic E-state index is 10.2. The van der Waals surface area contributed by atoms with Crippen LogP contribution in [0.5, 0.6) is 0 Å². The number of carbonyl (C=O) groups excluding carboxylic acids is 1. The number of hydrogen-bond donors (Lipinski definition) is 1. The number of Topliss-reactive ketones (excluding diaryl/α,β-unsaturated/α-hetero) is 1. The monoisotopic (exact) mass is 147 g/mol. The molecule has 10 heavy (non-hydrogen) atoms. The largest absolute Gasteiger partial charge is 0.359 e. The van der Waals surface area contributed by atoms with E-state index in [1.165, 1.54) is 6.92 Å². The van der Waals surface area contributed by atoms with Gasteiger partial charge in [-0.3, -0.25) is 10.1 Å². The van der Waals surface area contributed by atoms with Gasteiger partial charge in [0.25, 0.3) is 0 Å². The van der Waals surface area contributed by atoms with Gasteiger partial charge in [0.15, 0.2) is 5.78 Å². The standard InChI is InChI=1S/C5H11NO2.C2H6/c1-5(7)3-8-4-6-2;1-2/h6H,3-4H2,1-2H3;1-2H3. The number of ketones is 1. The highest BCUT2D eigenvalue weighted by Gasteiger charge is 1.88. The minimum absolute atomic E-state index is 0.0558. The Morgan fingerprint density at radius 3 is 2.30 bits per heavy atom. The van der Waals surface area contributed by atoms with E-state index in [1.807, 2.05) is 13.8 Å². The van der Waals surface area contributed by atoms with Crippen LogP contribution >= 0.6 is 0 Å². The summed E-state index contributed by atoms with van der Waals surface area (Å²) >= 11 is 0. The van der Waals surface area contributed by atoms with Crippen molar-refractivity contribution in [1.82, 2.24) is 5.32 Å². The molecule has 0 aromatic heterocycles. The molecule has 0 aromatic carbocycles. The lowest BCUT2D eigenvalue weighted by atomic mass is 10.5. The van der Waals surface area contributed by atoms with Crippen LogP contribution in [0, 0.1) is 0 Å². The summed E-state index contributed by atoms with van der Waals surface area (Å²) in [5.41, 5.74) is 0. The van der Waals surface area contributed by atoms with Gasteiger partial charge in [0, 0.05) is 0 Å². The van der Waals surface area contributed by atoms with Crippen LogP contribution in [-0.4, -0.2) is 26.2 Å². The molecule has 0 rings (SSSR count). The highest BCUT2D eigenvalue weighted by molar-refractivity contribution is 5.76. The lowest BCUT2D eigenvalue weighted by Gasteiger charge is -1.96. The molecule has 0 bridgehead atoms. The van der Waals surface area contributed by atoms with E-state index in [0.717, 1.165) is 0 Å². The number of carbonyl (C=O) groups is 1. The van der Waals surface area contributed by atoms with E-state index in [1.54, 1.807) is 7.05 Å². The average Bonchev–Trinajstić information content (AvgIpc) is 1.92. The molecule has 0 aliphatic heterocycles. The minimum atomic E-state index is 0.0558. The molecular weight excluding hydrogens is 130 g/mol. The van der Waals surface area contributed by atoms with E-state index in [9.17, 15) is 4.79 Å². The van der Waals surface area contributed by atoms with Crippen LogP contribution in [0.15, 0.2) is 0 Å². The number of ether oxygens (including phenoxy) is 1. The van der Waals surface area contributed by atoms with Crippen molar-refractivity contribution in [2.75, 3.05) is 20.4 Å². The summed E-state index contributed by atoms with van der Waals surface area (Å²) in [5.74, 6) is 0.0558. The first kappa shape index (κ1) is 12.3. The smallest absolute Gasteiger partial charge is 0.155 e. The third kappa shape index (κ3) is 15.6. The Bertz CT molecular complexity index is 74.0. The molecule has 1 N–H and O–H groups in total. The molecule has 62 valence electrons. The lowest BCUT2D eigenvalue weighted by Crippen LogP contribution is -2.15. The van der Waals surface area contributed by atoms with Crippen molar-refractivity contribution < 1.29 is 9.53 Å². The van der Waals surface area contributed by atoms with E-state index >= 15 is 0 Å². The normalized spacial score (nSPS) is 8.00. The van der Waals surface area contributed by atoms with Crippen molar-refractivity contribution in [2.45, 2.75) is 20.8 Å². The van der Waals surface area contributed by atoms with E-state index in [4.69, 9.17) is 4.74 Å². The van der Waals surface area contributed by atoms with Crippen molar-refractivity contribution in [2.24, 2.45) is 0 Å². The van der Waals surface area contributed by atoms with Crippen LogP contribution in [0.2, 0.25) is 0 Å². The van der Waals surface area contributed by atoms with Gasteiger partial charge in [-0.2, -0.15) is 0 Å². The van der Waals surface area contributed by atoms with Crippen molar-refractivity contribution in [1.29, 1.82) is 0 Å². The second-order valence-electron chi connectivity index (χ2n) is 1.55. The summed E-state index contributed by atoms with van der Waals surface area (Å²) in [4.78, 5) is 10.2. The summed E-state index contributed by atoms with van der Waals surface area (Å²) in [6.07, 6.45) is 0. The number of hydrogen-bond acceptors (Lipinski definition) is 3. The molecule has 0 unspecified atom stereocenters. The molecule has 0 aromatic rings. The fraction of sp³-hybridized carbons (Fsp3) is 0.857. The maximum Gasteiger partial charge on any atom is 0.155 e. The first-order chi connectivity index (χ1) is 4.77. The third-order valence-electron chi connectivity index (χ3n) is 0.552. The zero-order valence-electron chi connectivity index (χ0n) is 7.23. The molecule has 0 aliphatic rings. The average molecular weight is 147 g/mol. The molecule has 0 heterocycles. The van der Waals surface area contributed by atoms with Gasteiger partial charge in [-0.15, -0.1) is 0 Å². The van der Waals surface area contributed by atoms with Gasteiger partial charge < -0.3 is 4.74 Å². The molecular formula is C7H17NO2. The molecule has 0 radical (unpaired) electrons. The van der Waals surface area contributed by atoms with Crippen molar-refractivity contribution in [3.63, 3.8) is 0 Å². The van der Waals surface area contributed by atoms with Gasteiger partial charge in [0.05, 0.1) is 6.73 Å². The van der Waals surface area contributed by atoms with Crippen molar-refractivity contribution in [3.05, 3.63) is 0 Å². The summed E-state index contributed by atoms with van der Waals surface area (Å²) < 4.78 is 4.78. The van der Waals surface area contributed by atoms with E-state index in [2.05, 4.69) is 5.32 Å². The maximum atomic E-state index is 10.2. The Balaban J connectivity index is 0. The fourth-order valence-electron chi connectivity index (χ4n) is 0.297. The fourth-order valence-corrected chi connectivity index (χ4v) is 0.297. The summed E-state index contributed by atoms with van der Waals surface area (Å²) in [6.45, 7) is 6.15. The number of nitrogens with one attached hydrogen (secondary N) is 1. The van der Waals surface area contributed by atoms with E-state index < -0.39 is 0 Å². The van der Waals surface area contributed by atoms with Crippen LogP contribution in [0.3, 0.4) is 0 Å². The molecule has 3 heteroatoms. The Kier molecular flexibility index (Phi) is 14.0. The van der Waals surface area contributed by atoms with Gasteiger partial charge in [-0.05, 0) is 14.0 Å². The topological polar surface area (TPSA) is 38.3 Å². The van der Waals surface area contributed by atoms with Crippen molar-refractivity contribution in [3.8, 4) is 0 Å². The molecule has 0 fully saturated rings. The van der Waals surface area contributed by atoms with Gasteiger partial charge in [-0.25, -0.2) is 0 Å². The third-order valence-corrected chi connectivity index (χ3v) is 0.552. The molecule has 0 saturated carbocycles. The highest BCUT2D eigenvalue weighted by Crippen LogP contribution is 1.70. The van der Waals surface area contributed by atoms with Gasteiger partial charge in [0.1, 0.15) is 6.61 Å². The first-order valence-corrected chi connectivity index (χ1v) is 3.49. The lowest BCUT2D eigenvalue weighted by molar-refractivity contribution is -0.121. The van der Waals surface area contributed by atoms with Crippen LogP contribution in [0.25, 0.3) is 0 Å². The first-order valence-electron chi connectivity index (χ1n) is 3.49. The second kappa shape index (κ2) is 11.4. The van der Waals surface area contributed by atoms with Gasteiger partial charge >= 0.3 is 0 Å². The summed E-state index contributed by atoms with van der Waals surface area (Å²) in [7, 11) is 1.76. The quantitative estimate of drug-likeness (QED) is 0.472. The summed E-state index contributed by atoms with van der Waals surface area (Å²) in [6, 6.07) is 0. The Hall–Kier alpha value is -0.410. The zero-order valence-corrected chi connectivity index (χ0v) is 7.23. The minimum Gasteiger partial charge on any atom is -0.359 e. The zero-order chi connectivity index (χ0) is 8.41. The molecule has 0 amide bonds. The Morgan fingerprint density at radius 2 is 2.00 bits per heavy atom. The van der Waals surface area contributed by atoms with Crippen LogP contribution in [-0.2, 0) is 9.53 Å². The van der Waals surface area contributed by atoms with Crippen LogP contribution in [0.1, 0.15) is 20.8 Å². The van der Waals surface area contributed by atoms with Crippen LogP contribution < -0.4 is 5.32 Å². The van der Waals surface area contributed by atoms with E-state index in [0.29, 0.717) is 6.73 Å². The molecule has 0 spiro atoms. The van der Waals surface area contributed by atoms with Crippen LogP contribution in [0.4, 0.5) is 0 Å². The SMILES string of the molecule is CC.CNCOCC(C)=O. The summed E-state index contributed by atoms with van der Waals surface area (Å²) in [5, 5.41) is 2.75. The molecule has 0 atom stereocenters.